The summed E-state index contributed by atoms with van der Waals surface area (Å²) in [6.45, 7) is 6.73. The van der Waals surface area contributed by atoms with E-state index in [1.54, 1.807) is 14.4 Å². The van der Waals surface area contributed by atoms with Crippen LogP contribution in [0.5, 0.6) is 0 Å². The van der Waals surface area contributed by atoms with Crippen LogP contribution in [0.3, 0.4) is 0 Å². The molecule has 4 aliphatic rings. The zero-order chi connectivity index (χ0) is 30.7. The molecule has 0 spiro atoms. The summed E-state index contributed by atoms with van der Waals surface area (Å²) in [5, 5.41) is 0.243. The minimum absolute atomic E-state index is 0.0593. The van der Waals surface area contributed by atoms with Crippen molar-refractivity contribution in [1.82, 2.24) is 19.4 Å². The molecule has 5 heterocycles. The Morgan fingerprint density at radius 2 is 1.91 bits per heavy atom. The van der Waals surface area contributed by atoms with Crippen LogP contribution in [0.25, 0.3) is 22.0 Å². The quantitative estimate of drug-likeness (QED) is 0.303. The van der Waals surface area contributed by atoms with Crippen LogP contribution in [0.2, 0.25) is 0 Å². The van der Waals surface area contributed by atoms with Gasteiger partial charge in [-0.1, -0.05) is 18.7 Å². The van der Waals surface area contributed by atoms with Gasteiger partial charge in [0.1, 0.15) is 11.6 Å². The topological polar surface area (TPSA) is 70.9 Å². The molecule has 2 aromatic carbocycles. The lowest BCUT2D eigenvalue weighted by molar-refractivity contribution is -0.137. The third-order valence-electron chi connectivity index (χ3n) is 9.17. The summed E-state index contributed by atoms with van der Waals surface area (Å²) >= 11 is 1.30. The van der Waals surface area contributed by atoms with Gasteiger partial charge in [-0.2, -0.15) is 18.2 Å². The van der Waals surface area contributed by atoms with E-state index in [1.807, 2.05) is 0 Å². The summed E-state index contributed by atoms with van der Waals surface area (Å²) in [7, 11) is 0. The number of amides is 1. The van der Waals surface area contributed by atoms with E-state index >= 15 is 0 Å². The number of anilines is 1. The van der Waals surface area contributed by atoms with Crippen molar-refractivity contribution in [1.29, 1.82) is 0 Å². The van der Waals surface area contributed by atoms with E-state index in [0.717, 1.165) is 31.2 Å². The summed E-state index contributed by atoms with van der Waals surface area (Å²) in [6.07, 6.45) is -1.84. The fourth-order valence-corrected chi connectivity index (χ4v) is 8.36. The number of carbonyl (C=O) groups is 1. The molecule has 232 valence electrons. The maximum Gasteiger partial charge on any atom is 0.417 e. The highest BCUT2D eigenvalue weighted by atomic mass is 32.2. The van der Waals surface area contributed by atoms with Crippen LogP contribution < -0.4 is 10.6 Å². The molecule has 1 unspecified atom stereocenters. The standard InChI is InChI=1S/C31H31F4N5O3S/c1-2-25(41)37-8-10-38(11-9-37)29-23-14-24(31(33,34)35)26(18-3-5-19(32)6-4-18)28-27(23)40(30(42)36-29)20(7-12-44-28)15-39-16-22-13-21(39)17-43-22/h2-6,14,20-22H,1,7-13,15-17H2/t20?,21-,22-/m0/s1. The van der Waals surface area contributed by atoms with Gasteiger partial charge in [0.2, 0.25) is 5.91 Å². The molecule has 1 aromatic heterocycles. The monoisotopic (exact) mass is 629 g/mol. The molecule has 0 N–H and O–H groups in total. The third-order valence-corrected chi connectivity index (χ3v) is 10.3. The molecule has 1 amide bonds. The Morgan fingerprint density at radius 1 is 1.16 bits per heavy atom. The van der Waals surface area contributed by atoms with Gasteiger partial charge >= 0.3 is 11.9 Å². The summed E-state index contributed by atoms with van der Waals surface area (Å²) < 4.78 is 65.9. The highest BCUT2D eigenvalue weighted by Gasteiger charge is 2.42. The molecule has 0 radical (unpaired) electrons. The minimum atomic E-state index is -4.73. The average Bonchev–Trinajstić information content (AvgIpc) is 3.58. The van der Waals surface area contributed by atoms with E-state index in [0.29, 0.717) is 61.9 Å². The second-order valence-corrected chi connectivity index (χ2v) is 12.8. The van der Waals surface area contributed by atoms with Crippen LogP contribution in [0.15, 0.2) is 52.7 Å². The molecule has 13 heteroatoms. The summed E-state index contributed by atoms with van der Waals surface area (Å²) in [6, 6.07) is 6.06. The number of benzene rings is 2. The SMILES string of the molecule is C=CC(=O)N1CCN(c2nc(=O)n3c4c(c(-c5ccc(F)cc5)c(C(F)(F)F)cc24)SCCC3CN2C[C@@H]3C[C@H]2CO3)CC1. The van der Waals surface area contributed by atoms with Gasteiger partial charge in [-0.15, -0.1) is 11.8 Å². The maximum absolute atomic E-state index is 14.9. The number of alkyl halides is 3. The highest BCUT2D eigenvalue weighted by molar-refractivity contribution is 7.99. The lowest BCUT2D eigenvalue weighted by Crippen LogP contribution is -2.49. The Bertz CT molecular complexity index is 1690. The van der Waals surface area contributed by atoms with Gasteiger partial charge in [-0.25, -0.2) is 9.18 Å². The molecule has 8 nitrogen and oxygen atoms in total. The number of carbonyl (C=O) groups excluding carboxylic acids is 1. The first-order chi connectivity index (χ1) is 21.1. The average molecular weight is 630 g/mol. The molecular weight excluding hydrogens is 598 g/mol. The molecule has 0 aliphatic carbocycles. The number of aromatic nitrogens is 2. The van der Waals surface area contributed by atoms with Crippen LogP contribution in [0.4, 0.5) is 23.4 Å². The van der Waals surface area contributed by atoms with Gasteiger partial charge in [0.15, 0.2) is 0 Å². The second kappa shape index (κ2) is 11.2. The van der Waals surface area contributed by atoms with Crippen molar-refractivity contribution in [3.8, 4) is 11.1 Å². The van der Waals surface area contributed by atoms with E-state index in [2.05, 4.69) is 16.5 Å². The Kier molecular flexibility index (Phi) is 7.45. The van der Waals surface area contributed by atoms with Crippen LogP contribution in [-0.4, -0.2) is 89.0 Å². The number of fused-ring (bicyclic) bond motifs is 2. The first-order valence-corrected chi connectivity index (χ1v) is 15.7. The number of piperazine rings is 1. The fourth-order valence-electron chi connectivity index (χ4n) is 7.05. The molecule has 44 heavy (non-hydrogen) atoms. The Labute approximate surface area is 255 Å². The first-order valence-electron chi connectivity index (χ1n) is 14.7. The number of nitrogens with zero attached hydrogens (tertiary/aromatic N) is 5. The number of hydrogen-bond acceptors (Lipinski definition) is 7. The molecule has 4 aliphatic heterocycles. The van der Waals surface area contributed by atoms with E-state index in [1.165, 1.54) is 30.0 Å². The number of morpholine rings is 1. The van der Waals surface area contributed by atoms with Gasteiger partial charge in [0, 0.05) is 66.9 Å². The third kappa shape index (κ3) is 5.08. The molecule has 3 atom stereocenters. The highest BCUT2D eigenvalue weighted by Crippen LogP contribution is 2.49. The van der Waals surface area contributed by atoms with Crippen LogP contribution in [-0.2, 0) is 15.7 Å². The van der Waals surface area contributed by atoms with Crippen molar-refractivity contribution in [2.75, 3.05) is 56.5 Å². The fraction of sp³-hybridized carbons (Fsp3) is 0.452. The van der Waals surface area contributed by atoms with Gasteiger partial charge in [0.05, 0.1) is 29.8 Å². The number of halogens is 4. The molecule has 0 saturated carbocycles. The number of ether oxygens (including phenoxy) is 1. The first kappa shape index (κ1) is 29.3. The van der Waals surface area contributed by atoms with Crippen molar-refractivity contribution in [2.24, 2.45) is 0 Å². The van der Waals surface area contributed by atoms with Crippen LogP contribution in [0.1, 0.15) is 24.4 Å². The number of thioether (sulfide) groups is 1. The van der Waals surface area contributed by atoms with Gasteiger partial charge in [0.25, 0.3) is 0 Å². The van der Waals surface area contributed by atoms with Gasteiger partial charge in [-0.3, -0.25) is 14.3 Å². The number of rotatable bonds is 5. The zero-order valence-electron chi connectivity index (χ0n) is 23.9. The van der Waals surface area contributed by atoms with E-state index in [-0.39, 0.29) is 46.4 Å². The minimum Gasteiger partial charge on any atom is -0.375 e. The molecule has 7 rings (SSSR count). The van der Waals surface area contributed by atoms with Crippen molar-refractivity contribution < 1.29 is 27.1 Å². The molecule has 3 fully saturated rings. The van der Waals surface area contributed by atoms with Crippen LogP contribution >= 0.6 is 11.8 Å². The maximum atomic E-state index is 14.9. The second-order valence-electron chi connectivity index (χ2n) is 11.7. The van der Waals surface area contributed by atoms with Crippen molar-refractivity contribution in [2.45, 2.75) is 42.1 Å². The summed E-state index contributed by atoms with van der Waals surface area (Å²) in [5.41, 5.74) is -0.790. The molecule has 3 aromatic rings. The largest absolute Gasteiger partial charge is 0.417 e. The molecular formula is C31H31F4N5O3S. The van der Waals surface area contributed by atoms with Crippen LogP contribution in [0, 0.1) is 5.82 Å². The lowest BCUT2D eigenvalue weighted by Gasteiger charge is -2.36. The Hall–Kier alpha value is -3.42. The number of likely N-dealkylation sites (tertiary alicyclic amines) is 1. The van der Waals surface area contributed by atoms with E-state index in [4.69, 9.17) is 4.74 Å². The Balaban J connectivity index is 1.44. The van der Waals surface area contributed by atoms with Gasteiger partial charge < -0.3 is 14.5 Å². The normalized spacial score (nSPS) is 23.8. The zero-order valence-corrected chi connectivity index (χ0v) is 24.7. The van der Waals surface area contributed by atoms with Crippen molar-refractivity contribution in [3.63, 3.8) is 0 Å². The smallest absolute Gasteiger partial charge is 0.375 e. The predicted octanol–water partition coefficient (Wildman–Crippen LogP) is 4.57. The molecule has 2 bridgehead atoms. The van der Waals surface area contributed by atoms with Gasteiger partial charge in [-0.05, 0) is 42.7 Å². The summed E-state index contributed by atoms with van der Waals surface area (Å²) in [5.74, 6) is -0.108. The van der Waals surface area contributed by atoms with E-state index < -0.39 is 23.2 Å². The van der Waals surface area contributed by atoms with E-state index in [9.17, 15) is 27.2 Å². The van der Waals surface area contributed by atoms with Crippen molar-refractivity contribution >= 4 is 34.4 Å². The lowest BCUT2D eigenvalue weighted by atomic mass is 9.96. The van der Waals surface area contributed by atoms with Crippen molar-refractivity contribution in [3.05, 3.63) is 64.9 Å². The molecule has 3 saturated heterocycles. The summed E-state index contributed by atoms with van der Waals surface area (Å²) in [4.78, 5) is 36.7. The number of hydrogen-bond donors (Lipinski definition) is 0. The predicted molar refractivity (Wildman–Crippen MR) is 159 cm³/mol. The Morgan fingerprint density at radius 3 is 2.55 bits per heavy atom.